The lowest BCUT2D eigenvalue weighted by Gasteiger charge is -2.44. The Bertz CT molecular complexity index is 435. The molecule has 5 heteroatoms. The number of hydrogen-bond donors (Lipinski definition) is 1. The van der Waals surface area contributed by atoms with Gasteiger partial charge in [-0.05, 0) is 57.7 Å². The smallest absolute Gasteiger partial charge is 0.317 e. The lowest BCUT2D eigenvalue weighted by atomic mass is 9.80. The molecule has 0 aromatic heterocycles. The Balaban J connectivity index is 2.43. The Morgan fingerprint density at radius 3 is 2.32 bits per heavy atom. The zero-order valence-electron chi connectivity index (χ0n) is 11.2. The van der Waals surface area contributed by atoms with Gasteiger partial charge < -0.3 is 5.32 Å². The van der Waals surface area contributed by atoms with E-state index in [1.54, 1.807) is 6.07 Å². The molecule has 106 valence electrons. The van der Waals surface area contributed by atoms with Crippen molar-refractivity contribution in [3.63, 3.8) is 0 Å². The Labute approximate surface area is 111 Å². The summed E-state index contributed by atoms with van der Waals surface area (Å²) in [6.45, 7) is 1.66. The molecule has 1 N–H and O–H groups in total. The second-order valence-corrected chi connectivity index (χ2v) is 5.25. The van der Waals surface area contributed by atoms with E-state index in [1.807, 2.05) is 19.0 Å². The van der Waals surface area contributed by atoms with Crippen molar-refractivity contribution in [2.45, 2.75) is 24.6 Å². The molecule has 0 unspecified atom stereocenters. The third-order valence-corrected chi connectivity index (χ3v) is 4.01. The Morgan fingerprint density at radius 2 is 1.79 bits per heavy atom. The number of nitrogens with zero attached hydrogens (tertiary/aromatic N) is 1. The van der Waals surface area contributed by atoms with Crippen molar-refractivity contribution in [3.05, 3.63) is 35.4 Å². The molecule has 1 aliphatic rings. The average Bonchev–Trinajstić information content (AvgIpc) is 2.38. The van der Waals surface area contributed by atoms with Gasteiger partial charge in [-0.1, -0.05) is 12.1 Å². The summed E-state index contributed by atoms with van der Waals surface area (Å²) in [5.74, 6) is 0. The van der Waals surface area contributed by atoms with E-state index in [0.717, 1.165) is 37.6 Å². The van der Waals surface area contributed by atoms with Crippen LogP contribution < -0.4 is 5.32 Å². The van der Waals surface area contributed by atoms with Gasteiger partial charge in [-0.15, -0.1) is 0 Å². The molecule has 1 fully saturated rings. The van der Waals surface area contributed by atoms with Crippen molar-refractivity contribution in [2.24, 2.45) is 0 Å². The highest BCUT2D eigenvalue weighted by Gasteiger charge is 2.38. The number of halogens is 3. The second kappa shape index (κ2) is 5.13. The van der Waals surface area contributed by atoms with Crippen LogP contribution in [0.4, 0.5) is 13.2 Å². The lowest BCUT2D eigenvalue weighted by molar-refractivity contribution is -0.137. The maximum atomic E-state index is 12.8. The molecule has 1 aliphatic heterocycles. The number of alkyl halides is 3. The zero-order valence-corrected chi connectivity index (χ0v) is 11.2. The second-order valence-electron chi connectivity index (χ2n) is 5.25. The molecular weight excluding hydrogens is 253 g/mol. The fraction of sp³-hybridized carbons (Fsp3) is 0.571. The standard InChI is InChI=1S/C14H19F3N2/c1-19(2)13(6-8-18-9-7-13)11-4-3-5-12(10-11)14(15,16)17/h3-5,10,18H,6-9H2,1-2H3. The van der Waals surface area contributed by atoms with Crippen LogP contribution in [0.2, 0.25) is 0 Å². The van der Waals surface area contributed by atoms with Crippen molar-refractivity contribution in [1.29, 1.82) is 0 Å². The molecule has 0 amide bonds. The van der Waals surface area contributed by atoms with Crippen LogP contribution in [-0.2, 0) is 11.7 Å². The minimum atomic E-state index is -4.28. The minimum absolute atomic E-state index is 0.299. The van der Waals surface area contributed by atoms with Crippen LogP contribution in [0.3, 0.4) is 0 Å². The molecule has 0 spiro atoms. The van der Waals surface area contributed by atoms with Gasteiger partial charge in [-0.3, -0.25) is 4.90 Å². The Morgan fingerprint density at radius 1 is 1.16 bits per heavy atom. The summed E-state index contributed by atoms with van der Waals surface area (Å²) in [6, 6.07) is 5.74. The van der Waals surface area contributed by atoms with Gasteiger partial charge in [0.15, 0.2) is 0 Å². The summed E-state index contributed by atoms with van der Waals surface area (Å²) >= 11 is 0. The van der Waals surface area contributed by atoms with E-state index in [1.165, 1.54) is 12.1 Å². The predicted octanol–water partition coefficient (Wildman–Crippen LogP) is 2.85. The molecule has 0 saturated carbocycles. The maximum absolute atomic E-state index is 12.8. The molecule has 19 heavy (non-hydrogen) atoms. The van der Waals surface area contributed by atoms with Crippen molar-refractivity contribution >= 4 is 0 Å². The first-order valence-corrected chi connectivity index (χ1v) is 6.42. The van der Waals surface area contributed by atoms with Gasteiger partial charge in [-0.2, -0.15) is 13.2 Å². The SMILES string of the molecule is CN(C)C1(c2cccc(C(F)(F)F)c2)CCNCC1. The van der Waals surface area contributed by atoms with Crippen LogP contribution >= 0.6 is 0 Å². The average molecular weight is 272 g/mol. The van der Waals surface area contributed by atoms with Crippen molar-refractivity contribution in [1.82, 2.24) is 10.2 Å². The van der Waals surface area contributed by atoms with Crippen molar-refractivity contribution in [3.8, 4) is 0 Å². The van der Waals surface area contributed by atoms with E-state index in [4.69, 9.17) is 0 Å². The van der Waals surface area contributed by atoms with Crippen LogP contribution in [0.25, 0.3) is 0 Å². The topological polar surface area (TPSA) is 15.3 Å². The van der Waals surface area contributed by atoms with E-state index in [0.29, 0.717) is 0 Å². The van der Waals surface area contributed by atoms with Crippen LogP contribution in [0, 0.1) is 0 Å². The van der Waals surface area contributed by atoms with Gasteiger partial charge in [0.05, 0.1) is 5.56 Å². The fourth-order valence-electron chi connectivity index (χ4n) is 2.82. The summed E-state index contributed by atoms with van der Waals surface area (Å²) in [7, 11) is 3.87. The monoisotopic (exact) mass is 272 g/mol. The number of hydrogen-bond acceptors (Lipinski definition) is 2. The normalized spacial score (nSPS) is 19.7. The molecule has 1 saturated heterocycles. The highest BCUT2D eigenvalue weighted by molar-refractivity contribution is 5.32. The minimum Gasteiger partial charge on any atom is -0.317 e. The number of nitrogens with one attached hydrogen (secondary N) is 1. The van der Waals surface area contributed by atoms with Gasteiger partial charge in [0.25, 0.3) is 0 Å². The van der Waals surface area contributed by atoms with Crippen LogP contribution in [0.5, 0.6) is 0 Å². The quantitative estimate of drug-likeness (QED) is 0.890. The molecule has 0 aliphatic carbocycles. The van der Waals surface area contributed by atoms with Crippen molar-refractivity contribution < 1.29 is 13.2 Å². The molecular formula is C14H19F3N2. The summed E-state index contributed by atoms with van der Waals surface area (Å²) < 4.78 is 38.5. The maximum Gasteiger partial charge on any atom is 0.416 e. The van der Waals surface area contributed by atoms with E-state index >= 15 is 0 Å². The Kier molecular flexibility index (Phi) is 3.87. The molecule has 0 bridgehead atoms. The van der Waals surface area contributed by atoms with Crippen LogP contribution in [0.15, 0.2) is 24.3 Å². The summed E-state index contributed by atoms with van der Waals surface area (Å²) in [5, 5.41) is 3.26. The molecule has 1 aromatic carbocycles. The highest BCUT2D eigenvalue weighted by Crippen LogP contribution is 2.38. The molecule has 2 rings (SSSR count). The van der Waals surface area contributed by atoms with Gasteiger partial charge >= 0.3 is 6.18 Å². The Hall–Kier alpha value is -1.07. The summed E-state index contributed by atoms with van der Waals surface area (Å²) in [4.78, 5) is 2.04. The van der Waals surface area contributed by atoms with Gasteiger partial charge in [0.2, 0.25) is 0 Å². The van der Waals surface area contributed by atoms with Crippen LogP contribution in [0.1, 0.15) is 24.0 Å². The lowest BCUT2D eigenvalue weighted by Crippen LogP contribution is -2.49. The summed E-state index contributed by atoms with van der Waals surface area (Å²) in [5.41, 5.74) is -0.106. The molecule has 0 atom stereocenters. The van der Waals surface area contributed by atoms with Crippen molar-refractivity contribution in [2.75, 3.05) is 27.2 Å². The first kappa shape index (κ1) is 14.3. The third-order valence-electron chi connectivity index (χ3n) is 4.01. The first-order chi connectivity index (χ1) is 8.86. The van der Waals surface area contributed by atoms with E-state index in [-0.39, 0.29) is 5.54 Å². The van der Waals surface area contributed by atoms with E-state index in [2.05, 4.69) is 5.32 Å². The van der Waals surface area contributed by atoms with Gasteiger partial charge in [-0.25, -0.2) is 0 Å². The number of piperidine rings is 1. The first-order valence-electron chi connectivity index (χ1n) is 6.42. The fourth-order valence-corrected chi connectivity index (χ4v) is 2.82. The largest absolute Gasteiger partial charge is 0.416 e. The van der Waals surface area contributed by atoms with E-state index < -0.39 is 11.7 Å². The molecule has 2 nitrogen and oxygen atoms in total. The number of benzene rings is 1. The van der Waals surface area contributed by atoms with Gasteiger partial charge in [0, 0.05) is 5.54 Å². The number of rotatable bonds is 2. The predicted molar refractivity (Wildman–Crippen MR) is 68.9 cm³/mol. The van der Waals surface area contributed by atoms with Crippen LogP contribution in [-0.4, -0.2) is 32.1 Å². The third kappa shape index (κ3) is 2.77. The molecule has 1 heterocycles. The van der Waals surface area contributed by atoms with Gasteiger partial charge in [0.1, 0.15) is 0 Å². The molecule has 0 radical (unpaired) electrons. The zero-order chi connectivity index (χ0) is 14.1. The van der Waals surface area contributed by atoms with E-state index in [9.17, 15) is 13.2 Å². The highest BCUT2D eigenvalue weighted by atomic mass is 19.4. The summed E-state index contributed by atoms with van der Waals surface area (Å²) in [6.07, 6.45) is -2.64. The molecule has 1 aromatic rings.